The molecule has 0 bridgehead atoms. The molecule has 0 atom stereocenters. The van der Waals surface area contributed by atoms with Crippen LogP contribution in [0.15, 0.2) is 40.5 Å². The molecule has 0 heterocycles. The zero-order valence-electron chi connectivity index (χ0n) is 10.6. The Morgan fingerprint density at radius 1 is 1.26 bits per heavy atom. The molecule has 1 amide bonds. The first-order valence-electron chi connectivity index (χ1n) is 5.47. The third-order valence-electron chi connectivity index (χ3n) is 2.17. The Morgan fingerprint density at radius 2 is 1.89 bits per heavy atom. The molecule has 0 radical (unpaired) electrons. The number of rotatable bonds is 4. The van der Waals surface area contributed by atoms with Crippen LogP contribution in [0.4, 0.5) is 4.79 Å². The summed E-state index contributed by atoms with van der Waals surface area (Å²) in [7, 11) is 1.23. The Kier molecular flexibility index (Phi) is 6.08. The van der Waals surface area contributed by atoms with Crippen LogP contribution in [0.25, 0.3) is 0 Å². The summed E-state index contributed by atoms with van der Waals surface area (Å²) in [5, 5.41) is 2.33. The van der Waals surface area contributed by atoms with E-state index in [0.29, 0.717) is 4.48 Å². The molecule has 1 N–H and O–H groups in total. The van der Waals surface area contributed by atoms with Gasteiger partial charge in [-0.3, -0.25) is 5.32 Å². The first-order valence-corrected chi connectivity index (χ1v) is 6.26. The van der Waals surface area contributed by atoms with Gasteiger partial charge in [0.2, 0.25) is 0 Å². The van der Waals surface area contributed by atoms with Gasteiger partial charge >= 0.3 is 12.1 Å². The number of carbonyl (C=O) groups excluding carboxylic acids is 2. The van der Waals surface area contributed by atoms with Crippen LogP contribution < -0.4 is 5.32 Å². The lowest BCUT2D eigenvalue weighted by atomic mass is 10.2. The van der Waals surface area contributed by atoms with Gasteiger partial charge in [0, 0.05) is 4.48 Å². The molecule has 0 aliphatic carbocycles. The highest BCUT2D eigenvalue weighted by molar-refractivity contribution is 9.11. The summed E-state index contributed by atoms with van der Waals surface area (Å²) in [6.45, 7) is 1.74. The van der Waals surface area contributed by atoms with E-state index in [1.807, 2.05) is 30.3 Å². The van der Waals surface area contributed by atoms with Gasteiger partial charge in [-0.15, -0.1) is 0 Å². The maximum atomic E-state index is 11.6. The average molecular weight is 328 g/mol. The number of halogens is 1. The van der Waals surface area contributed by atoms with Crippen molar-refractivity contribution in [3.63, 3.8) is 0 Å². The molecule has 1 aromatic rings. The quantitative estimate of drug-likeness (QED) is 0.682. The molecule has 0 aliphatic rings. The first-order chi connectivity index (χ1) is 9.04. The van der Waals surface area contributed by atoms with E-state index in [4.69, 9.17) is 4.74 Å². The van der Waals surface area contributed by atoms with E-state index < -0.39 is 12.1 Å². The molecule has 0 fully saturated rings. The number of alkyl carbamates (subject to hydrolysis) is 1. The van der Waals surface area contributed by atoms with E-state index in [2.05, 4.69) is 26.0 Å². The fourth-order valence-corrected chi connectivity index (χ4v) is 1.50. The summed E-state index contributed by atoms with van der Waals surface area (Å²) in [6, 6.07) is 9.23. The van der Waals surface area contributed by atoms with E-state index in [1.165, 1.54) is 7.11 Å². The summed E-state index contributed by atoms with van der Waals surface area (Å²) < 4.78 is 9.99. The van der Waals surface area contributed by atoms with Crippen molar-refractivity contribution >= 4 is 28.0 Å². The van der Waals surface area contributed by atoms with Crippen LogP contribution in [-0.2, 0) is 20.9 Å². The zero-order chi connectivity index (χ0) is 14.3. The number of carbonyl (C=O) groups is 2. The molecule has 6 heteroatoms. The predicted molar refractivity (Wildman–Crippen MR) is 73.4 cm³/mol. The average Bonchev–Trinajstić information content (AvgIpc) is 2.42. The number of nitrogens with one attached hydrogen (secondary N) is 1. The maximum absolute atomic E-state index is 11.6. The second-order valence-electron chi connectivity index (χ2n) is 3.59. The van der Waals surface area contributed by atoms with Crippen LogP contribution in [-0.4, -0.2) is 19.2 Å². The number of benzene rings is 1. The SMILES string of the molecule is COC(=O)/C(NC(=O)OCc1ccccc1)=C(/C)Br. The van der Waals surface area contributed by atoms with Crippen molar-refractivity contribution in [1.82, 2.24) is 5.32 Å². The Hall–Kier alpha value is -1.82. The molecular formula is C13H14BrNO4. The largest absolute Gasteiger partial charge is 0.464 e. The zero-order valence-corrected chi connectivity index (χ0v) is 12.2. The van der Waals surface area contributed by atoms with Gasteiger partial charge in [0.1, 0.15) is 12.3 Å². The molecule has 1 aromatic carbocycles. The molecule has 0 aliphatic heterocycles. The number of allylic oxidation sites excluding steroid dienone is 1. The Balaban J connectivity index is 2.55. The fourth-order valence-electron chi connectivity index (χ4n) is 1.24. The van der Waals surface area contributed by atoms with Crippen molar-refractivity contribution in [1.29, 1.82) is 0 Å². The Morgan fingerprint density at radius 3 is 2.42 bits per heavy atom. The molecule has 102 valence electrons. The lowest BCUT2D eigenvalue weighted by Gasteiger charge is -2.09. The van der Waals surface area contributed by atoms with Gasteiger partial charge in [0.25, 0.3) is 0 Å². The normalized spacial score (nSPS) is 11.3. The lowest BCUT2D eigenvalue weighted by Crippen LogP contribution is -2.29. The molecule has 5 nitrogen and oxygen atoms in total. The summed E-state index contributed by atoms with van der Waals surface area (Å²) in [5.74, 6) is -0.647. The van der Waals surface area contributed by atoms with Crippen molar-refractivity contribution in [3.8, 4) is 0 Å². The highest BCUT2D eigenvalue weighted by Gasteiger charge is 2.16. The summed E-state index contributed by atoms with van der Waals surface area (Å²) >= 11 is 3.12. The first kappa shape index (κ1) is 15.2. The number of hydrogen-bond acceptors (Lipinski definition) is 4. The van der Waals surface area contributed by atoms with Gasteiger partial charge in [0.15, 0.2) is 0 Å². The highest BCUT2D eigenvalue weighted by atomic mass is 79.9. The van der Waals surface area contributed by atoms with Crippen molar-refractivity contribution < 1.29 is 19.1 Å². The van der Waals surface area contributed by atoms with Crippen LogP contribution in [0.3, 0.4) is 0 Å². The van der Waals surface area contributed by atoms with Gasteiger partial charge in [-0.05, 0) is 12.5 Å². The van der Waals surface area contributed by atoms with E-state index in [9.17, 15) is 9.59 Å². The fraction of sp³-hybridized carbons (Fsp3) is 0.231. The molecule has 0 spiro atoms. The van der Waals surface area contributed by atoms with Crippen LogP contribution in [0.1, 0.15) is 12.5 Å². The van der Waals surface area contributed by atoms with E-state index in [0.717, 1.165) is 5.56 Å². The maximum Gasteiger partial charge on any atom is 0.412 e. The van der Waals surface area contributed by atoms with Crippen LogP contribution in [0.2, 0.25) is 0 Å². The minimum absolute atomic E-state index is 0.0144. The second kappa shape index (κ2) is 7.58. The van der Waals surface area contributed by atoms with Crippen LogP contribution >= 0.6 is 15.9 Å². The van der Waals surface area contributed by atoms with E-state index in [1.54, 1.807) is 6.92 Å². The third kappa shape index (κ3) is 5.13. The van der Waals surface area contributed by atoms with Crippen molar-refractivity contribution in [2.75, 3.05) is 7.11 Å². The number of methoxy groups -OCH3 is 1. The van der Waals surface area contributed by atoms with Crippen LogP contribution in [0, 0.1) is 0 Å². The molecule has 1 rings (SSSR count). The minimum atomic E-state index is -0.719. The van der Waals surface area contributed by atoms with E-state index in [-0.39, 0.29) is 12.3 Å². The van der Waals surface area contributed by atoms with Gasteiger partial charge in [0.05, 0.1) is 7.11 Å². The topological polar surface area (TPSA) is 64.6 Å². The van der Waals surface area contributed by atoms with Crippen molar-refractivity contribution in [3.05, 3.63) is 46.1 Å². The standard InChI is InChI=1S/C13H14BrNO4/c1-9(14)11(12(16)18-2)15-13(17)19-8-10-6-4-3-5-7-10/h3-7H,8H2,1-2H3,(H,15,17)/b11-9+. The molecule has 0 saturated heterocycles. The third-order valence-corrected chi connectivity index (χ3v) is 2.57. The molecule has 0 saturated carbocycles. The summed E-state index contributed by atoms with van der Waals surface area (Å²) in [4.78, 5) is 22.9. The second-order valence-corrected chi connectivity index (χ2v) is 4.78. The molecular weight excluding hydrogens is 314 g/mol. The van der Waals surface area contributed by atoms with Gasteiger partial charge in [-0.2, -0.15) is 0 Å². The van der Waals surface area contributed by atoms with Crippen molar-refractivity contribution in [2.45, 2.75) is 13.5 Å². The minimum Gasteiger partial charge on any atom is -0.464 e. The van der Waals surface area contributed by atoms with E-state index >= 15 is 0 Å². The van der Waals surface area contributed by atoms with Gasteiger partial charge in [-0.1, -0.05) is 46.3 Å². The Labute approximate surface area is 119 Å². The monoisotopic (exact) mass is 327 g/mol. The summed E-state index contributed by atoms with van der Waals surface area (Å²) in [5.41, 5.74) is 0.873. The number of ether oxygens (including phenoxy) is 2. The predicted octanol–water partition coefficient (Wildman–Crippen LogP) is 2.71. The highest BCUT2D eigenvalue weighted by Crippen LogP contribution is 2.10. The summed E-state index contributed by atoms with van der Waals surface area (Å²) in [6.07, 6.45) is -0.719. The van der Waals surface area contributed by atoms with Gasteiger partial charge < -0.3 is 9.47 Å². The smallest absolute Gasteiger partial charge is 0.412 e. The number of amides is 1. The van der Waals surface area contributed by atoms with Crippen LogP contribution in [0.5, 0.6) is 0 Å². The lowest BCUT2D eigenvalue weighted by molar-refractivity contribution is -0.136. The number of hydrogen-bond donors (Lipinski definition) is 1. The molecule has 0 aromatic heterocycles. The number of esters is 1. The molecule has 19 heavy (non-hydrogen) atoms. The molecule has 0 unspecified atom stereocenters. The van der Waals surface area contributed by atoms with Gasteiger partial charge in [-0.25, -0.2) is 9.59 Å². The van der Waals surface area contributed by atoms with Crippen molar-refractivity contribution in [2.24, 2.45) is 0 Å². The Bertz CT molecular complexity index is 481.